The minimum atomic E-state index is -4.71. The quantitative estimate of drug-likeness (QED) is 0.232. The van der Waals surface area contributed by atoms with E-state index in [0.29, 0.717) is 9.78 Å². The third-order valence-electron chi connectivity index (χ3n) is 7.18. The lowest BCUT2D eigenvalue weighted by Crippen LogP contribution is -2.33. The first-order valence-electron chi connectivity index (χ1n) is 12.7. The third kappa shape index (κ3) is 5.10. The predicted octanol–water partition coefficient (Wildman–Crippen LogP) is 5.21. The molecule has 2 aliphatic heterocycles. The minimum absolute atomic E-state index is 0.205. The van der Waals surface area contributed by atoms with E-state index >= 15 is 0 Å². The van der Waals surface area contributed by atoms with E-state index in [1.165, 1.54) is 30.3 Å². The Morgan fingerprint density at radius 2 is 1.67 bits per heavy atom. The number of carbonyl (C=O) groups excluding carboxylic acids is 3. The number of phenols is 1. The van der Waals surface area contributed by atoms with E-state index in [1.807, 2.05) is 0 Å². The van der Waals surface area contributed by atoms with Crippen LogP contribution in [0.3, 0.4) is 0 Å². The Morgan fingerprint density at radius 3 is 2.37 bits per heavy atom. The first-order chi connectivity index (χ1) is 20.4. The second-order valence-electron chi connectivity index (χ2n) is 9.84. The number of phenolic OH excluding ortho intramolecular Hbond substituents is 1. The summed E-state index contributed by atoms with van der Waals surface area (Å²) in [6.07, 6.45) is -4.71. The van der Waals surface area contributed by atoms with Crippen molar-refractivity contribution in [2.45, 2.75) is 28.9 Å². The number of nitrogens with zero attached hydrogens (tertiary/aromatic N) is 2. The van der Waals surface area contributed by atoms with Crippen LogP contribution in [0.25, 0.3) is 0 Å². The van der Waals surface area contributed by atoms with Gasteiger partial charge in [-0.05, 0) is 48.5 Å². The van der Waals surface area contributed by atoms with Crippen molar-refractivity contribution in [3.8, 4) is 5.75 Å². The molecule has 0 aliphatic carbocycles. The van der Waals surface area contributed by atoms with Crippen LogP contribution < -0.4 is 15.1 Å². The van der Waals surface area contributed by atoms with Gasteiger partial charge in [0.15, 0.2) is 0 Å². The lowest BCUT2D eigenvalue weighted by atomic mass is 9.82. The number of thioether (sulfide) groups is 1. The standard InChI is InChI=1S/C29H19F4N3O5S2/c30-15-8-10-16(11-9-15)34-20(38)13-35-27-24(43-28(35)41)21(18-6-1-2-7-19(18)37)22-23(42-27)26(40)36(25(22)39)17-5-3-4-14(12-17)29(31,32)33/h1-12,21-23,37H,13H2,(H,34,38)/t21-,22?,23?/m0/s1. The molecule has 43 heavy (non-hydrogen) atoms. The molecule has 14 heteroatoms. The average molecular weight is 630 g/mol. The highest BCUT2D eigenvalue weighted by Crippen LogP contribution is 2.55. The first-order valence-corrected chi connectivity index (χ1v) is 14.4. The molecule has 3 atom stereocenters. The zero-order valence-corrected chi connectivity index (χ0v) is 23.3. The smallest absolute Gasteiger partial charge is 0.416 e. The molecule has 1 fully saturated rings. The lowest BCUT2D eigenvalue weighted by Gasteiger charge is -2.31. The van der Waals surface area contributed by atoms with E-state index in [-0.39, 0.29) is 27.7 Å². The van der Waals surface area contributed by atoms with Gasteiger partial charge in [0.25, 0.3) is 0 Å². The summed E-state index contributed by atoms with van der Waals surface area (Å²) in [5, 5.41) is 12.4. The third-order valence-corrected chi connectivity index (χ3v) is 9.79. The number of amides is 3. The van der Waals surface area contributed by atoms with Crippen molar-refractivity contribution < 1.29 is 37.1 Å². The molecule has 220 valence electrons. The van der Waals surface area contributed by atoms with Crippen LogP contribution in [0, 0.1) is 11.7 Å². The van der Waals surface area contributed by atoms with E-state index in [9.17, 15) is 41.8 Å². The maximum atomic E-state index is 13.9. The highest BCUT2D eigenvalue weighted by molar-refractivity contribution is 8.00. The van der Waals surface area contributed by atoms with Crippen molar-refractivity contribution in [2.24, 2.45) is 5.92 Å². The summed E-state index contributed by atoms with van der Waals surface area (Å²) in [5.74, 6) is -5.05. The molecular formula is C29H19F4N3O5S2. The SMILES string of the molecule is O=C(Cn1c2c(sc1=O)[C@@H](c1ccccc1O)C1C(=O)N(c3cccc(C(F)(F)F)c3)C(=O)C1S2)Nc1ccc(F)cc1. The second-order valence-corrected chi connectivity index (χ2v) is 12.0. The number of thiazole rings is 1. The van der Waals surface area contributed by atoms with Crippen LogP contribution in [-0.4, -0.2) is 32.6 Å². The van der Waals surface area contributed by atoms with Crippen LogP contribution in [-0.2, 0) is 27.1 Å². The fraction of sp³-hybridized carbons (Fsp3) is 0.172. The normalized spacial score (nSPS) is 19.7. The Balaban J connectivity index is 1.42. The fourth-order valence-corrected chi connectivity index (χ4v) is 8.06. The molecule has 4 aromatic rings. The van der Waals surface area contributed by atoms with E-state index < -0.39 is 63.8 Å². The summed E-state index contributed by atoms with van der Waals surface area (Å²) in [4.78, 5) is 54.2. The van der Waals surface area contributed by atoms with Gasteiger partial charge in [-0.1, -0.05) is 47.4 Å². The maximum absolute atomic E-state index is 13.9. The number of nitrogens with one attached hydrogen (secondary N) is 1. The molecule has 6 rings (SSSR count). The monoisotopic (exact) mass is 629 g/mol. The number of aromatic hydroxyl groups is 1. The predicted molar refractivity (Wildman–Crippen MR) is 151 cm³/mol. The topological polar surface area (TPSA) is 109 Å². The molecule has 3 heterocycles. The number of fused-ring (bicyclic) bond motifs is 2. The van der Waals surface area contributed by atoms with Gasteiger partial charge in [0, 0.05) is 22.0 Å². The van der Waals surface area contributed by atoms with Gasteiger partial charge >= 0.3 is 11.0 Å². The van der Waals surface area contributed by atoms with Crippen LogP contribution in [0.5, 0.6) is 5.75 Å². The molecule has 1 aromatic heterocycles. The van der Waals surface area contributed by atoms with E-state index in [0.717, 1.165) is 58.0 Å². The molecule has 3 aromatic carbocycles. The largest absolute Gasteiger partial charge is 0.508 e. The van der Waals surface area contributed by atoms with Crippen LogP contribution >= 0.6 is 23.1 Å². The molecule has 8 nitrogen and oxygen atoms in total. The van der Waals surface area contributed by atoms with Gasteiger partial charge < -0.3 is 10.4 Å². The molecule has 2 aliphatic rings. The van der Waals surface area contributed by atoms with Crippen molar-refractivity contribution in [2.75, 3.05) is 10.2 Å². The van der Waals surface area contributed by atoms with Crippen molar-refractivity contribution in [1.29, 1.82) is 0 Å². The molecule has 2 unspecified atom stereocenters. The van der Waals surface area contributed by atoms with Crippen LogP contribution in [0.15, 0.2) is 82.6 Å². The lowest BCUT2D eigenvalue weighted by molar-refractivity contribution is -0.137. The Kier molecular flexibility index (Phi) is 7.13. The summed E-state index contributed by atoms with van der Waals surface area (Å²) < 4.78 is 54.8. The minimum Gasteiger partial charge on any atom is -0.508 e. The number of halogens is 4. The molecular weight excluding hydrogens is 610 g/mol. The van der Waals surface area contributed by atoms with Crippen molar-refractivity contribution in [1.82, 2.24) is 4.57 Å². The summed E-state index contributed by atoms with van der Waals surface area (Å²) in [6.45, 7) is -0.473. The van der Waals surface area contributed by atoms with E-state index in [1.54, 1.807) is 12.1 Å². The molecule has 0 saturated carbocycles. The molecule has 0 spiro atoms. The van der Waals surface area contributed by atoms with Gasteiger partial charge in [0.05, 0.1) is 22.2 Å². The van der Waals surface area contributed by atoms with Gasteiger partial charge in [0.1, 0.15) is 23.4 Å². The Labute approximate surface area is 248 Å². The van der Waals surface area contributed by atoms with Crippen molar-refractivity contribution in [3.05, 3.63) is 104 Å². The second kappa shape index (κ2) is 10.7. The van der Waals surface area contributed by atoms with Gasteiger partial charge in [-0.25, -0.2) is 9.29 Å². The number of imide groups is 1. The summed E-state index contributed by atoms with van der Waals surface area (Å²) in [6, 6.07) is 15.0. The highest BCUT2D eigenvalue weighted by atomic mass is 32.2. The molecule has 0 bridgehead atoms. The summed E-state index contributed by atoms with van der Waals surface area (Å²) in [7, 11) is 0. The highest BCUT2D eigenvalue weighted by Gasteiger charge is 2.57. The van der Waals surface area contributed by atoms with Crippen molar-refractivity contribution in [3.63, 3.8) is 0 Å². The Morgan fingerprint density at radius 1 is 0.953 bits per heavy atom. The van der Waals surface area contributed by atoms with Gasteiger partial charge in [-0.2, -0.15) is 13.2 Å². The fourth-order valence-electron chi connectivity index (χ4n) is 5.29. The Hall–Kier alpha value is -4.43. The first kappa shape index (κ1) is 28.7. The molecule has 3 amide bonds. The number of hydrogen-bond acceptors (Lipinski definition) is 7. The van der Waals surface area contributed by atoms with E-state index in [2.05, 4.69) is 5.32 Å². The zero-order valence-electron chi connectivity index (χ0n) is 21.7. The molecule has 1 saturated heterocycles. The number of aromatic nitrogens is 1. The summed E-state index contributed by atoms with van der Waals surface area (Å²) in [5.41, 5.74) is -0.757. The number of rotatable bonds is 5. The number of alkyl halides is 3. The summed E-state index contributed by atoms with van der Waals surface area (Å²) >= 11 is 1.63. The zero-order chi connectivity index (χ0) is 30.6. The van der Waals surface area contributed by atoms with Crippen molar-refractivity contribution >= 4 is 52.2 Å². The van der Waals surface area contributed by atoms with Crippen LogP contribution in [0.1, 0.15) is 21.9 Å². The van der Waals surface area contributed by atoms with Crippen LogP contribution in [0.4, 0.5) is 28.9 Å². The van der Waals surface area contributed by atoms with Gasteiger partial charge in [-0.15, -0.1) is 0 Å². The number of carbonyl (C=O) groups is 3. The number of anilines is 2. The number of benzene rings is 3. The number of para-hydroxylation sites is 1. The molecule has 0 radical (unpaired) electrons. The maximum Gasteiger partial charge on any atom is 0.416 e. The molecule has 2 N–H and O–H groups in total. The number of hydrogen-bond donors (Lipinski definition) is 2. The van der Waals surface area contributed by atoms with Gasteiger partial charge in [0.2, 0.25) is 17.7 Å². The van der Waals surface area contributed by atoms with E-state index in [4.69, 9.17) is 0 Å². The van der Waals surface area contributed by atoms with Gasteiger partial charge in [-0.3, -0.25) is 23.7 Å². The Bertz CT molecular complexity index is 1840. The average Bonchev–Trinajstić information content (AvgIpc) is 3.40. The van der Waals surface area contributed by atoms with Crippen LogP contribution in [0.2, 0.25) is 0 Å².